The Labute approximate surface area is 132 Å². The molecule has 0 unspecified atom stereocenters. The summed E-state index contributed by atoms with van der Waals surface area (Å²) in [6, 6.07) is 4.95. The maximum absolute atomic E-state index is 12.8. The lowest BCUT2D eigenvalue weighted by Crippen LogP contribution is -2.39. The number of benzene rings is 1. The smallest absolute Gasteiger partial charge is 0.244 e. The molecule has 0 aromatic heterocycles. The Hall–Kier alpha value is -0.620. The molecule has 21 heavy (non-hydrogen) atoms. The van der Waals surface area contributed by atoms with E-state index in [2.05, 4.69) is 13.8 Å². The molecule has 4 nitrogen and oxygen atoms in total. The van der Waals surface area contributed by atoms with Crippen molar-refractivity contribution in [3.8, 4) is 0 Å². The van der Waals surface area contributed by atoms with Crippen molar-refractivity contribution in [2.24, 2.45) is 17.6 Å². The maximum Gasteiger partial charge on any atom is 0.244 e. The molecule has 1 aromatic carbocycles. The zero-order valence-electron chi connectivity index (χ0n) is 12.5. The van der Waals surface area contributed by atoms with Crippen LogP contribution in [0.1, 0.15) is 32.3 Å². The molecule has 0 bridgehead atoms. The topological polar surface area (TPSA) is 63.4 Å². The van der Waals surface area contributed by atoms with E-state index in [0.29, 0.717) is 31.5 Å². The van der Waals surface area contributed by atoms with Gasteiger partial charge in [0.15, 0.2) is 0 Å². The summed E-state index contributed by atoms with van der Waals surface area (Å²) in [5, 5.41) is 0.262. The van der Waals surface area contributed by atoms with Gasteiger partial charge in [0, 0.05) is 19.6 Å². The zero-order valence-corrected chi connectivity index (χ0v) is 14.1. The molecular formula is C15H23ClN2O2S. The average molecular weight is 331 g/mol. The van der Waals surface area contributed by atoms with E-state index in [9.17, 15) is 8.42 Å². The molecule has 6 heteroatoms. The highest BCUT2D eigenvalue weighted by molar-refractivity contribution is 7.89. The van der Waals surface area contributed by atoms with Gasteiger partial charge < -0.3 is 5.73 Å². The Kier molecular flexibility index (Phi) is 5.30. The van der Waals surface area contributed by atoms with Gasteiger partial charge in [-0.3, -0.25) is 0 Å². The molecule has 0 atom stereocenters. The van der Waals surface area contributed by atoms with Crippen LogP contribution in [0.2, 0.25) is 5.02 Å². The van der Waals surface area contributed by atoms with Crippen LogP contribution in [-0.4, -0.2) is 25.8 Å². The molecule has 1 fully saturated rings. The number of rotatable bonds is 4. The lowest BCUT2D eigenvalue weighted by molar-refractivity contribution is 0.226. The minimum absolute atomic E-state index is 0.176. The van der Waals surface area contributed by atoms with E-state index in [1.165, 1.54) is 0 Å². The van der Waals surface area contributed by atoms with Crippen molar-refractivity contribution in [2.75, 3.05) is 13.1 Å². The maximum atomic E-state index is 12.8. The summed E-state index contributed by atoms with van der Waals surface area (Å²) in [5.74, 6) is 1.20. The molecule has 1 aromatic rings. The normalized spacial score (nSPS) is 18.3. The first-order chi connectivity index (χ1) is 9.86. The van der Waals surface area contributed by atoms with Gasteiger partial charge in [-0.25, -0.2) is 8.42 Å². The van der Waals surface area contributed by atoms with Crippen molar-refractivity contribution in [1.29, 1.82) is 0 Å². The summed E-state index contributed by atoms with van der Waals surface area (Å²) in [5.41, 5.74) is 6.36. The van der Waals surface area contributed by atoms with Crippen LogP contribution in [0.5, 0.6) is 0 Å². The van der Waals surface area contributed by atoms with Gasteiger partial charge in [-0.2, -0.15) is 4.31 Å². The van der Waals surface area contributed by atoms with Gasteiger partial charge in [-0.15, -0.1) is 0 Å². The Bertz CT molecular complexity index is 594. The van der Waals surface area contributed by atoms with Gasteiger partial charge in [0.2, 0.25) is 10.0 Å². The van der Waals surface area contributed by atoms with Gasteiger partial charge in [0.05, 0.1) is 5.02 Å². The molecule has 1 aliphatic rings. The highest BCUT2D eigenvalue weighted by atomic mass is 35.5. The van der Waals surface area contributed by atoms with Crippen LogP contribution < -0.4 is 5.73 Å². The van der Waals surface area contributed by atoms with E-state index in [0.717, 1.165) is 18.4 Å². The third-order valence-electron chi connectivity index (χ3n) is 4.29. The van der Waals surface area contributed by atoms with Crippen molar-refractivity contribution in [3.05, 3.63) is 28.8 Å². The quantitative estimate of drug-likeness (QED) is 0.923. The lowest BCUT2D eigenvalue weighted by Gasteiger charge is -2.33. The van der Waals surface area contributed by atoms with E-state index < -0.39 is 10.0 Å². The Morgan fingerprint density at radius 1 is 1.33 bits per heavy atom. The highest BCUT2D eigenvalue weighted by Gasteiger charge is 2.31. The monoisotopic (exact) mass is 330 g/mol. The van der Waals surface area contributed by atoms with Crippen molar-refractivity contribution in [2.45, 2.75) is 38.1 Å². The summed E-state index contributed by atoms with van der Waals surface area (Å²) in [6.07, 6.45) is 1.82. The second-order valence-electron chi connectivity index (χ2n) is 5.95. The van der Waals surface area contributed by atoms with Crippen molar-refractivity contribution in [1.82, 2.24) is 4.31 Å². The highest BCUT2D eigenvalue weighted by Crippen LogP contribution is 2.31. The van der Waals surface area contributed by atoms with Gasteiger partial charge in [-0.05, 0) is 42.4 Å². The van der Waals surface area contributed by atoms with E-state index >= 15 is 0 Å². The van der Waals surface area contributed by atoms with E-state index in [1.54, 1.807) is 22.5 Å². The fourth-order valence-electron chi connectivity index (χ4n) is 2.79. The fourth-order valence-corrected chi connectivity index (χ4v) is 4.79. The summed E-state index contributed by atoms with van der Waals surface area (Å²) >= 11 is 6.09. The van der Waals surface area contributed by atoms with Crippen LogP contribution >= 0.6 is 11.6 Å². The molecule has 2 N–H and O–H groups in total. The summed E-state index contributed by atoms with van der Waals surface area (Å²) in [6.45, 7) is 5.81. The zero-order chi connectivity index (χ0) is 15.6. The molecule has 1 aliphatic heterocycles. The summed E-state index contributed by atoms with van der Waals surface area (Å²) < 4.78 is 27.1. The summed E-state index contributed by atoms with van der Waals surface area (Å²) in [4.78, 5) is 0.176. The predicted molar refractivity (Wildman–Crippen MR) is 85.7 cm³/mol. The number of nitrogens with two attached hydrogens (primary N) is 1. The van der Waals surface area contributed by atoms with E-state index in [1.807, 2.05) is 0 Å². The molecule has 0 saturated carbocycles. The number of sulfonamides is 1. The average Bonchev–Trinajstić information content (AvgIpc) is 2.47. The van der Waals surface area contributed by atoms with Crippen LogP contribution in [0.15, 0.2) is 23.1 Å². The summed E-state index contributed by atoms with van der Waals surface area (Å²) in [7, 11) is -3.53. The molecule has 1 heterocycles. The van der Waals surface area contributed by atoms with Crippen LogP contribution in [-0.2, 0) is 16.6 Å². The molecule has 1 saturated heterocycles. The van der Waals surface area contributed by atoms with Gasteiger partial charge in [0.25, 0.3) is 0 Å². The Balaban J connectivity index is 2.23. The number of hydrogen-bond donors (Lipinski definition) is 1. The SMILES string of the molecule is CC(C)C1CCN(S(=O)(=O)c2cc(CN)ccc2Cl)CC1. The Morgan fingerprint density at radius 2 is 1.95 bits per heavy atom. The van der Waals surface area contributed by atoms with Gasteiger partial charge >= 0.3 is 0 Å². The minimum Gasteiger partial charge on any atom is -0.326 e. The first-order valence-corrected chi connectivity index (χ1v) is 9.16. The molecule has 0 amide bonds. The number of halogens is 1. The molecule has 2 rings (SSSR count). The van der Waals surface area contributed by atoms with Crippen molar-refractivity contribution >= 4 is 21.6 Å². The van der Waals surface area contributed by atoms with E-state index in [4.69, 9.17) is 17.3 Å². The number of hydrogen-bond acceptors (Lipinski definition) is 3. The third kappa shape index (κ3) is 3.59. The number of piperidine rings is 1. The van der Waals surface area contributed by atoms with Crippen LogP contribution in [0, 0.1) is 11.8 Å². The molecule has 0 aliphatic carbocycles. The van der Waals surface area contributed by atoms with E-state index in [-0.39, 0.29) is 9.92 Å². The van der Waals surface area contributed by atoms with Crippen LogP contribution in [0.3, 0.4) is 0 Å². The van der Waals surface area contributed by atoms with Crippen LogP contribution in [0.4, 0.5) is 0 Å². The third-order valence-corrected chi connectivity index (χ3v) is 6.67. The minimum atomic E-state index is -3.53. The molecule has 118 valence electrons. The Morgan fingerprint density at radius 3 is 2.48 bits per heavy atom. The largest absolute Gasteiger partial charge is 0.326 e. The molecule has 0 spiro atoms. The molecular weight excluding hydrogens is 308 g/mol. The first kappa shape index (κ1) is 16.7. The second-order valence-corrected chi connectivity index (χ2v) is 8.27. The van der Waals surface area contributed by atoms with Crippen molar-refractivity contribution < 1.29 is 8.42 Å². The second kappa shape index (κ2) is 6.65. The predicted octanol–water partition coefficient (Wildman–Crippen LogP) is 2.86. The van der Waals surface area contributed by atoms with Gasteiger partial charge in [-0.1, -0.05) is 31.5 Å². The molecule has 0 radical (unpaired) electrons. The fraction of sp³-hybridized carbons (Fsp3) is 0.600. The number of nitrogens with zero attached hydrogens (tertiary/aromatic N) is 1. The first-order valence-electron chi connectivity index (χ1n) is 7.35. The van der Waals surface area contributed by atoms with Crippen molar-refractivity contribution in [3.63, 3.8) is 0 Å². The standard InChI is InChI=1S/C15H23ClN2O2S/c1-11(2)13-5-7-18(8-6-13)21(19,20)15-9-12(10-17)3-4-14(15)16/h3-4,9,11,13H,5-8,10,17H2,1-2H3. The lowest BCUT2D eigenvalue weighted by atomic mass is 9.87. The van der Waals surface area contributed by atoms with Crippen LogP contribution in [0.25, 0.3) is 0 Å². The van der Waals surface area contributed by atoms with Gasteiger partial charge in [0.1, 0.15) is 4.90 Å².